The Labute approximate surface area is 122 Å². The molecule has 102 valence electrons. The van der Waals surface area contributed by atoms with Crippen molar-refractivity contribution in [3.05, 3.63) is 48.5 Å². The van der Waals surface area contributed by atoms with E-state index in [1.54, 1.807) is 7.11 Å². The van der Waals surface area contributed by atoms with E-state index < -0.39 is 0 Å². The van der Waals surface area contributed by atoms with Gasteiger partial charge in [0.2, 0.25) is 5.96 Å². The molecule has 0 aromatic heterocycles. The van der Waals surface area contributed by atoms with Gasteiger partial charge in [-0.3, -0.25) is 0 Å². The van der Waals surface area contributed by atoms with Gasteiger partial charge in [-0.2, -0.15) is 4.40 Å². The highest BCUT2D eigenvalue weighted by Gasteiger charge is 2.22. The van der Waals surface area contributed by atoms with Gasteiger partial charge in [-0.05, 0) is 24.3 Å². The predicted octanol–water partition coefficient (Wildman–Crippen LogP) is 3.62. The lowest BCUT2D eigenvalue weighted by Gasteiger charge is -2.28. The number of nitrogens with zero attached hydrogens (tertiary/aromatic N) is 2. The zero-order chi connectivity index (χ0) is 13.9. The highest BCUT2D eigenvalue weighted by Crippen LogP contribution is 2.41. The van der Waals surface area contributed by atoms with Gasteiger partial charge < -0.3 is 15.0 Å². The highest BCUT2D eigenvalue weighted by molar-refractivity contribution is 7.98. The van der Waals surface area contributed by atoms with Gasteiger partial charge in [0.25, 0.3) is 0 Å². The van der Waals surface area contributed by atoms with Crippen LogP contribution in [0.4, 0.5) is 11.4 Å². The number of hydrogen-bond donors (Lipinski definition) is 1. The third-order valence-corrected chi connectivity index (χ3v) is 3.89. The Bertz CT molecular complexity index is 643. The summed E-state index contributed by atoms with van der Waals surface area (Å²) < 4.78 is 9.96. The summed E-state index contributed by atoms with van der Waals surface area (Å²) in [6.07, 6.45) is 0. The van der Waals surface area contributed by atoms with E-state index in [4.69, 9.17) is 4.74 Å². The number of fused-ring (bicyclic) bond motifs is 1. The topological polar surface area (TPSA) is 36.9 Å². The van der Waals surface area contributed by atoms with Crippen LogP contribution in [0.3, 0.4) is 0 Å². The number of hydrogen-bond acceptors (Lipinski definition) is 5. The van der Waals surface area contributed by atoms with Crippen molar-refractivity contribution in [1.29, 1.82) is 0 Å². The molecular weight excluding hydrogens is 270 g/mol. The fourth-order valence-electron chi connectivity index (χ4n) is 2.09. The smallest absolute Gasteiger partial charge is 0.214 e. The van der Waals surface area contributed by atoms with Crippen LogP contribution in [0.1, 0.15) is 0 Å². The predicted molar refractivity (Wildman–Crippen MR) is 84.8 cm³/mol. The average molecular weight is 285 g/mol. The molecule has 0 atom stereocenters. The van der Waals surface area contributed by atoms with Crippen LogP contribution in [-0.2, 0) is 0 Å². The number of rotatable bonds is 2. The van der Waals surface area contributed by atoms with Crippen molar-refractivity contribution in [2.45, 2.75) is 4.90 Å². The molecule has 0 saturated carbocycles. The van der Waals surface area contributed by atoms with Crippen molar-refractivity contribution in [2.75, 3.05) is 24.4 Å². The second-order valence-electron chi connectivity index (χ2n) is 4.36. The van der Waals surface area contributed by atoms with E-state index in [2.05, 4.69) is 9.71 Å². The first-order valence-corrected chi connectivity index (χ1v) is 7.05. The van der Waals surface area contributed by atoms with E-state index in [1.807, 2.05) is 60.5 Å². The third kappa shape index (κ3) is 2.32. The minimum Gasteiger partial charge on any atom is -0.495 e. The van der Waals surface area contributed by atoms with Crippen molar-refractivity contribution in [2.24, 2.45) is 4.40 Å². The molecule has 20 heavy (non-hydrogen) atoms. The average Bonchev–Trinajstić information content (AvgIpc) is 2.50. The molecule has 4 nitrogen and oxygen atoms in total. The van der Waals surface area contributed by atoms with Crippen LogP contribution in [0, 0.1) is 0 Å². The molecule has 0 spiro atoms. The van der Waals surface area contributed by atoms with E-state index in [0.717, 1.165) is 28.0 Å². The van der Waals surface area contributed by atoms with Crippen molar-refractivity contribution in [3.8, 4) is 5.75 Å². The van der Waals surface area contributed by atoms with Crippen LogP contribution < -0.4 is 15.0 Å². The molecule has 0 aliphatic carbocycles. The van der Waals surface area contributed by atoms with Gasteiger partial charge in [-0.25, -0.2) is 0 Å². The van der Waals surface area contributed by atoms with Crippen LogP contribution in [-0.4, -0.2) is 20.1 Å². The molecule has 0 fully saturated rings. The molecular formula is C15H15N3OS. The molecule has 1 N–H and O–H groups in total. The highest BCUT2D eigenvalue weighted by atomic mass is 32.2. The summed E-state index contributed by atoms with van der Waals surface area (Å²) in [7, 11) is 3.67. The third-order valence-electron chi connectivity index (χ3n) is 3.10. The van der Waals surface area contributed by atoms with Gasteiger partial charge in [-0.15, -0.1) is 0 Å². The first-order chi connectivity index (χ1) is 9.79. The lowest BCUT2D eigenvalue weighted by Crippen LogP contribution is -2.34. The van der Waals surface area contributed by atoms with Crippen LogP contribution >= 0.6 is 11.9 Å². The number of nitrogens with one attached hydrogen (secondary N) is 1. The monoisotopic (exact) mass is 285 g/mol. The Morgan fingerprint density at radius 1 is 1.10 bits per heavy atom. The Kier molecular flexibility index (Phi) is 3.52. The lowest BCUT2D eigenvalue weighted by atomic mass is 10.2. The first kappa shape index (κ1) is 12.9. The minimum absolute atomic E-state index is 0.790. The van der Waals surface area contributed by atoms with E-state index in [9.17, 15) is 0 Å². The van der Waals surface area contributed by atoms with Crippen LogP contribution in [0.2, 0.25) is 0 Å². The van der Waals surface area contributed by atoms with Gasteiger partial charge >= 0.3 is 0 Å². The molecule has 0 bridgehead atoms. The van der Waals surface area contributed by atoms with Crippen LogP contribution in [0.15, 0.2) is 57.8 Å². The number of guanidine groups is 1. The summed E-state index contributed by atoms with van der Waals surface area (Å²) in [5, 5.41) is 3.32. The van der Waals surface area contributed by atoms with Gasteiger partial charge in [0.05, 0.1) is 12.0 Å². The fraction of sp³-hybridized carbons (Fsp3) is 0.133. The minimum atomic E-state index is 0.790. The molecule has 2 aromatic rings. The first-order valence-electron chi connectivity index (χ1n) is 6.27. The summed E-state index contributed by atoms with van der Waals surface area (Å²) in [5.41, 5.74) is 2.05. The quantitative estimate of drug-likeness (QED) is 0.855. The standard InChI is InChI=1S/C15H15N3OS/c1-18-14-12(19-2)9-6-10-13(14)20-17-15(18)16-11-7-4-3-5-8-11/h3-10H,1-2H3,(H,16,17). The van der Waals surface area contributed by atoms with Gasteiger partial charge in [0.15, 0.2) is 0 Å². The lowest BCUT2D eigenvalue weighted by molar-refractivity contribution is 0.415. The number of ether oxygens (including phenoxy) is 1. The van der Waals surface area contributed by atoms with E-state index in [-0.39, 0.29) is 0 Å². The van der Waals surface area contributed by atoms with Gasteiger partial charge in [0.1, 0.15) is 11.4 Å². The van der Waals surface area contributed by atoms with E-state index in [1.165, 1.54) is 11.9 Å². The molecule has 1 aliphatic rings. The number of anilines is 2. The van der Waals surface area contributed by atoms with Crippen molar-refractivity contribution in [3.63, 3.8) is 0 Å². The second kappa shape index (κ2) is 5.46. The Morgan fingerprint density at radius 3 is 2.65 bits per heavy atom. The number of para-hydroxylation sites is 2. The van der Waals surface area contributed by atoms with Crippen molar-refractivity contribution < 1.29 is 4.74 Å². The maximum absolute atomic E-state index is 5.44. The van der Waals surface area contributed by atoms with Crippen LogP contribution in [0.5, 0.6) is 5.75 Å². The molecule has 0 saturated heterocycles. The largest absolute Gasteiger partial charge is 0.495 e. The molecule has 0 amide bonds. The van der Waals surface area contributed by atoms with E-state index >= 15 is 0 Å². The Hall–Kier alpha value is -2.14. The molecule has 5 heteroatoms. The summed E-state index contributed by atoms with van der Waals surface area (Å²) in [6.45, 7) is 0. The maximum Gasteiger partial charge on any atom is 0.214 e. The molecule has 2 aromatic carbocycles. The maximum atomic E-state index is 5.44. The fourth-order valence-corrected chi connectivity index (χ4v) is 2.90. The van der Waals surface area contributed by atoms with Crippen molar-refractivity contribution in [1.82, 2.24) is 0 Å². The molecule has 0 radical (unpaired) electrons. The normalized spacial score (nSPS) is 13.5. The summed E-state index contributed by atoms with van der Waals surface area (Å²) in [5.74, 6) is 1.64. The van der Waals surface area contributed by atoms with Gasteiger partial charge in [0, 0.05) is 24.7 Å². The van der Waals surface area contributed by atoms with Crippen molar-refractivity contribution >= 4 is 29.3 Å². The number of benzene rings is 2. The summed E-state index contributed by atoms with van der Waals surface area (Å²) >= 11 is 1.45. The van der Waals surface area contributed by atoms with E-state index in [0.29, 0.717) is 0 Å². The molecule has 3 rings (SSSR count). The summed E-state index contributed by atoms with van der Waals surface area (Å²) in [6, 6.07) is 16.0. The molecule has 1 heterocycles. The molecule has 1 aliphatic heterocycles. The SMILES string of the molecule is COc1cccc2c1N(C)C(Nc1ccccc1)=NS2. The zero-order valence-corrected chi connectivity index (χ0v) is 12.1. The van der Waals surface area contributed by atoms with Gasteiger partial charge in [-0.1, -0.05) is 24.3 Å². The molecule has 0 unspecified atom stereocenters. The zero-order valence-electron chi connectivity index (χ0n) is 11.3. The number of methoxy groups -OCH3 is 1. The Morgan fingerprint density at radius 2 is 1.90 bits per heavy atom. The van der Waals surface area contributed by atoms with Crippen LogP contribution in [0.25, 0.3) is 0 Å². The second-order valence-corrected chi connectivity index (χ2v) is 5.17. The Balaban J connectivity index is 1.91. The summed E-state index contributed by atoms with van der Waals surface area (Å²) in [4.78, 5) is 3.10.